The van der Waals surface area contributed by atoms with E-state index in [2.05, 4.69) is 17.2 Å². The summed E-state index contributed by atoms with van der Waals surface area (Å²) in [5.74, 6) is 1.33. The molecule has 1 aromatic carbocycles. The summed E-state index contributed by atoms with van der Waals surface area (Å²) in [4.78, 5) is 4.61. The summed E-state index contributed by atoms with van der Waals surface area (Å²) in [7, 11) is -3.35. The van der Waals surface area contributed by atoms with Gasteiger partial charge in [0.25, 0.3) is 0 Å². The molecule has 2 aliphatic heterocycles. The molecule has 0 unspecified atom stereocenters. The van der Waals surface area contributed by atoms with Gasteiger partial charge in [0.15, 0.2) is 15.7 Å². The maximum atomic E-state index is 12.6. The minimum absolute atomic E-state index is 0.0536. The highest BCUT2D eigenvalue weighted by molar-refractivity contribution is 7.91. The van der Waals surface area contributed by atoms with E-state index >= 15 is 0 Å². The minimum Gasteiger partial charge on any atom is -0.427 e. The highest BCUT2D eigenvalue weighted by atomic mass is 32.2. The van der Waals surface area contributed by atoms with Crippen molar-refractivity contribution in [1.29, 1.82) is 0 Å². The lowest BCUT2D eigenvalue weighted by Crippen LogP contribution is -2.26. The number of hydrogen-bond donors (Lipinski definition) is 2. The highest BCUT2D eigenvalue weighted by Crippen LogP contribution is 2.40. The molecule has 0 amide bonds. The predicted molar refractivity (Wildman–Crippen MR) is 124 cm³/mol. The zero-order chi connectivity index (χ0) is 22.2. The fourth-order valence-electron chi connectivity index (χ4n) is 4.61. The molecule has 2 N–H and O–H groups in total. The molecule has 0 spiro atoms. The molecule has 166 valence electrons. The normalized spacial score (nSPS) is 19.6. The quantitative estimate of drug-likeness (QED) is 0.502. The van der Waals surface area contributed by atoms with Gasteiger partial charge in [-0.2, -0.15) is 4.73 Å². The molecular weight excluding hydrogens is 410 g/mol. The third kappa shape index (κ3) is 4.15. The van der Waals surface area contributed by atoms with Crippen molar-refractivity contribution < 1.29 is 13.6 Å². The van der Waals surface area contributed by atoms with Gasteiger partial charge in [-0.1, -0.05) is 20.3 Å². The van der Waals surface area contributed by atoms with Crippen molar-refractivity contribution in [3.63, 3.8) is 0 Å². The molecular formula is C24H31N3O3S. The summed E-state index contributed by atoms with van der Waals surface area (Å²) in [6, 6.07) is 9.47. The molecule has 0 bridgehead atoms. The molecule has 7 heteroatoms. The van der Waals surface area contributed by atoms with Crippen LogP contribution in [0.4, 0.5) is 5.69 Å². The smallest absolute Gasteiger partial charge is 0.178 e. The maximum Gasteiger partial charge on any atom is 0.178 e. The second-order valence-electron chi connectivity index (χ2n) is 8.57. The average Bonchev–Trinajstić information content (AvgIpc) is 3.27. The Hall–Kier alpha value is -2.54. The molecule has 1 aromatic rings. The zero-order valence-corrected chi connectivity index (χ0v) is 19.2. The van der Waals surface area contributed by atoms with E-state index in [4.69, 9.17) is 0 Å². The van der Waals surface area contributed by atoms with E-state index in [1.165, 1.54) is 19.3 Å². The Labute approximate surface area is 184 Å². The van der Waals surface area contributed by atoms with Crippen LogP contribution in [0.3, 0.4) is 0 Å². The Morgan fingerprint density at radius 1 is 1.06 bits per heavy atom. The van der Waals surface area contributed by atoms with Gasteiger partial charge in [-0.05, 0) is 74.4 Å². The van der Waals surface area contributed by atoms with E-state index in [0.29, 0.717) is 22.5 Å². The molecule has 4 rings (SSSR count). The van der Waals surface area contributed by atoms with Gasteiger partial charge >= 0.3 is 0 Å². The van der Waals surface area contributed by atoms with Crippen LogP contribution < -0.4 is 5.32 Å². The van der Waals surface area contributed by atoms with E-state index in [1.807, 2.05) is 25.1 Å². The fourth-order valence-corrected chi connectivity index (χ4v) is 5.52. The van der Waals surface area contributed by atoms with E-state index in [9.17, 15) is 13.6 Å². The number of rotatable bonds is 6. The lowest BCUT2D eigenvalue weighted by Gasteiger charge is -2.30. The number of aromatic nitrogens is 2. The molecule has 0 radical (unpaired) electrons. The molecule has 3 aliphatic rings. The number of fused-ring (bicyclic) bond motifs is 1. The van der Waals surface area contributed by atoms with E-state index < -0.39 is 9.84 Å². The first-order valence-electron chi connectivity index (χ1n) is 11.1. The fraction of sp³-hybridized carbons (Fsp3) is 0.458. The maximum absolute atomic E-state index is 12.6. The summed E-state index contributed by atoms with van der Waals surface area (Å²) in [5, 5.41) is 14.1. The van der Waals surface area contributed by atoms with Crippen LogP contribution in [0.25, 0.3) is 22.5 Å². The van der Waals surface area contributed by atoms with Crippen molar-refractivity contribution in [2.75, 3.05) is 11.1 Å². The average molecular weight is 442 g/mol. The van der Waals surface area contributed by atoms with Crippen LogP contribution in [0.15, 0.2) is 41.4 Å². The Morgan fingerprint density at radius 3 is 2.48 bits per heavy atom. The molecule has 1 fully saturated rings. The first kappa shape index (κ1) is 21.7. The van der Waals surface area contributed by atoms with E-state index in [-0.39, 0.29) is 5.75 Å². The van der Waals surface area contributed by atoms with Crippen molar-refractivity contribution in [2.45, 2.75) is 63.8 Å². The van der Waals surface area contributed by atoms with Gasteiger partial charge in [-0.15, -0.1) is 0 Å². The standard InChI is InChI=1S/C24H31N3O3S/c1-4-17-6-8-18(9-7-17)26-23-11-10-19(31(29,30)5-2)15-22(23)21-14-16(3)27(28)24-20(21)12-13-25-24/h10-15,17-18,26,28H,4-9H2,1-3H3. The Kier molecular flexibility index (Phi) is 5.97. The Bertz CT molecular complexity index is 1140. The van der Waals surface area contributed by atoms with Crippen LogP contribution in [-0.4, -0.2) is 35.1 Å². The largest absolute Gasteiger partial charge is 0.427 e. The second kappa shape index (κ2) is 8.54. The number of aryl methyl sites for hydroxylation is 1. The number of anilines is 1. The Balaban J connectivity index is 1.81. The van der Waals surface area contributed by atoms with Gasteiger partial charge in [-0.25, -0.2) is 13.4 Å². The number of pyridine rings is 1. The number of nitrogens with one attached hydrogen (secondary N) is 1. The van der Waals surface area contributed by atoms with Crippen molar-refractivity contribution in [3.8, 4) is 22.5 Å². The molecule has 2 heterocycles. The zero-order valence-electron chi connectivity index (χ0n) is 18.4. The van der Waals surface area contributed by atoms with Crippen LogP contribution in [-0.2, 0) is 9.84 Å². The molecule has 0 atom stereocenters. The van der Waals surface area contributed by atoms with Gasteiger partial charge < -0.3 is 10.5 Å². The van der Waals surface area contributed by atoms with Gasteiger partial charge in [0.2, 0.25) is 0 Å². The lowest BCUT2D eigenvalue weighted by molar-refractivity contribution is 0.180. The summed E-state index contributed by atoms with van der Waals surface area (Å²) >= 11 is 0. The first-order valence-corrected chi connectivity index (χ1v) is 12.8. The number of nitrogens with zero attached hydrogens (tertiary/aromatic N) is 2. The molecule has 0 aromatic heterocycles. The van der Waals surface area contributed by atoms with Gasteiger partial charge in [0, 0.05) is 29.1 Å². The summed E-state index contributed by atoms with van der Waals surface area (Å²) in [6.45, 7) is 5.73. The van der Waals surface area contributed by atoms with Gasteiger partial charge in [0.05, 0.1) is 16.3 Å². The molecule has 1 aliphatic carbocycles. The second-order valence-corrected chi connectivity index (χ2v) is 10.9. The SMILES string of the molecule is CCC1CCC(Nc2ccc(S(=O)(=O)CC)cc2-c2cc(C)n(O)c3nccc2-3)CC1. The van der Waals surface area contributed by atoms with Crippen LogP contribution in [0.2, 0.25) is 0 Å². The molecule has 0 saturated heterocycles. The molecule has 1 saturated carbocycles. The number of hydrogen-bond acceptors (Lipinski definition) is 5. The van der Waals surface area contributed by atoms with Crippen molar-refractivity contribution in [2.24, 2.45) is 5.92 Å². The van der Waals surface area contributed by atoms with Crippen LogP contribution in [0, 0.1) is 12.8 Å². The summed E-state index contributed by atoms with van der Waals surface area (Å²) in [6.07, 6.45) is 7.56. The summed E-state index contributed by atoms with van der Waals surface area (Å²) < 4.78 is 26.3. The first-order chi connectivity index (χ1) is 14.8. The lowest BCUT2D eigenvalue weighted by atomic mass is 9.84. The summed E-state index contributed by atoms with van der Waals surface area (Å²) in [5.41, 5.74) is 4.05. The van der Waals surface area contributed by atoms with Crippen molar-refractivity contribution in [3.05, 3.63) is 42.2 Å². The number of sulfone groups is 1. The molecule has 6 nitrogen and oxygen atoms in total. The van der Waals surface area contributed by atoms with Crippen LogP contribution in [0.5, 0.6) is 0 Å². The van der Waals surface area contributed by atoms with Crippen LogP contribution in [0.1, 0.15) is 51.6 Å². The highest BCUT2D eigenvalue weighted by Gasteiger charge is 2.24. The minimum atomic E-state index is -3.35. The monoisotopic (exact) mass is 441 g/mol. The van der Waals surface area contributed by atoms with E-state index in [1.54, 1.807) is 25.3 Å². The van der Waals surface area contributed by atoms with E-state index in [0.717, 1.165) is 45.9 Å². The van der Waals surface area contributed by atoms with Crippen LogP contribution >= 0.6 is 0 Å². The topological polar surface area (TPSA) is 84.2 Å². The molecule has 31 heavy (non-hydrogen) atoms. The van der Waals surface area contributed by atoms with Gasteiger partial charge in [-0.3, -0.25) is 0 Å². The van der Waals surface area contributed by atoms with Crippen molar-refractivity contribution >= 4 is 15.5 Å². The van der Waals surface area contributed by atoms with Crippen molar-refractivity contribution in [1.82, 2.24) is 9.71 Å². The number of benzene rings is 1. The Morgan fingerprint density at radius 2 is 1.81 bits per heavy atom. The third-order valence-corrected chi connectivity index (χ3v) is 8.39. The van der Waals surface area contributed by atoms with Gasteiger partial charge in [0.1, 0.15) is 0 Å². The predicted octanol–water partition coefficient (Wildman–Crippen LogP) is 5.37. The third-order valence-electron chi connectivity index (χ3n) is 6.66.